The van der Waals surface area contributed by atoms with E-state index in [0.717, 1.165) is 16.7 Å². The van der Waals surface area contributed by atoms with Crippen molar-refractivity contribution in [1.29, 1.82) is 0 Å². The molecule has 0 radical (unpaired) electrons. The lowest BCUT2D eigenvalue weighted by Gasteiger charge is -2.06. The van der Waals surface area contributed by atoms with E-state index in [1.807, 2.05) is 18.2 Å². The van der Waals surface area contributed by atoms with Crippen molar-refractivity contribution in [1.82, 2.24) is 9.38 Å². The Morgan fingerprint density at radius 1 is 1.05 bits per heavy atom. The summed E-state index contributed by atoms with van der Waals surface area (Å²) >= 11 is 0. The van der Waals surface area contributed by atoms with Crippen LogP contribution in [0.4, 0.5) is 0 Å². The van der Waals surface area contributed by atoms with Gasteiger partial charge in [0, 0.05) is 18.3 Å². The van der Waals surface area contributed by atoms with Gasteiger partial charge in [0.25, 0.3) is 0 Å². The fourth-order valence-corrected chi connectivity index (χ4v) is 3.04. The molecule has 0 bridgehead atoms. The Morgan fingerprint density at radius 3 is 2.77 bits per heavy atom. The van der Waals surface area contributed by atoms with E-state index in [1.165, 1.54) is 22.4 Å². The predicted molar refractivity (Wildman–Crippen MR) is 88.8 cm³/mol. The molecule has 0 spiro atoms. The molecule has 3 heterocycles. The summed E-state index contributed by atoms with van der Waals surface area (Å²) in [6.07, 6.45) is 4.18. The number of nitrogens with zero attached hydrogens (tertiary/aromatic N) is 3. The first-order valence-electron chi connectivity index (χ1n) is 7.47. The zero-order valence-electron chi connectivity index (χ0n) is 13.0. The molecule has 0 saturated carbocycles. The summed E-state index contributed by atoms with van der Waals surface area (Å²) in [5.74, 6) is 0. The Morgan fingerprint density at radius 2 is 1.91 bits per heavy atom. The lowest BCUT2D eigenvalue weighted by Crippen LogP contribution is -2.30. The maximum Gasteiger partial charge on any atom is 0.212 e. The van der Waals surface area contributed by atoms with Crippen molar-refractivity contribution >= 4 is 16.7 Å². The molecule has 3 heteroatoms. The number of rotatable bonds is 1. The van der Waals surface area contributed by atoms with Crippen LogP contribution in [0.15, 0.2) is 54.9 Å². The zero-order valence-corrected chi connectivity index (χ0v) is 13.0. The number of imidazole rings is 1. The van der Waals surface area contributed by atoms with Gasteiger partial charge in [-0.15, -0.1) is 0 Å². The quantitative estimate of drug-likeness (QED) is 0.490. The summed E-state index contributed by atoms with van der Waals surface area (Å²) in [4.78, 5) is 4.71. The van der Waals surface area contributed by atoms with Crippen LogP contribution < -0.4 is 4.57 Å². The van der Waals surface area contributed by atoms with Crippen molar-refractivity contribution in [3.05, 3.63) is 66.0 Å². The number of aromatic nitrogens is 3. The summed E-state index contributed by atoms with van der Waals surface area (Å²) in [5, 5.41) is 0. The summed E-state index contributed by atoms with van der Waals surface area (Å²) in [5.41, 5.74) is 8.18. The Balaban J connectivity index is 2.07. The summed E-state index contributed by atoms with van der Waals surface area (Å²) < 4.78 is 4.32. The molecule has 0 atom stereocenters. The molecule has 0 fully saturated rings. The van der Waals surface area contributed by atoms with Crippen LogP contribution in [0.1, 0.15) is 11.1 Å². The van der Waals surface area contributed by atoms with E-state index in [2.05, 4.69) is 66.5 Å². The number of benzene rings is 1. The summed E-state index contributed by atoms with van der Waals surface area (Å²) in [7, 11) is 2.09. The Kier molecular flexibility index (Phi) is 2.76. The van der Waals surface area contributed by atoms with Crippen LogP contribution in [0.3, 0.4) is 0 Å². The SMILES string of the molecule is Cc1cc[n+](C)c(-c2cc3c(cc2C)nc2ccccn23)c1. The van der Waals surface area contributed by atoms with Gasteiger partial charge < -0.3 is 0 Å². The molecular formula is C19H18N3+. The molecule has 4 rings (SSSR count). The van der Waals surface area contributed by atoms with Crippen LogP contribution >= 0.6 is 0 Å². The first-order valence-corrected chi connectivity index (χ1v) is 7.47. The van der Waals surface area contributed by atoms with Crippen LogP contribution in [-0.4, -0.2) is 9.38 Å². The standard InChI is InChI=1S/C19H18N3/c1-13-7-9-21(3)17(10-13)15-12-18-16(11-14(15)2)20-19-6-4-5-8-22(18)19/h4-12H,1-3H3/q+1. The van der Waals surface area contributed by atoms with Gasteiger partial charge in [-0.05, 0) is 49.2 Å². The largest absolute Gasteiger partial charge is 0.300 e. The first-order chi connectivity index (χ1) is 10.6. The molecule has 0 aliphatic heterocycles. The van der Waals surface area contributed by atoms with Crippen molar-refractivity contribution in [3.8, 4) is 11.3 Å². The first kappa shape index (κ1) is 13.0. The zero-order chi connectivity index (χ0) is 15.3. The lowest BCUT2D eigenvalue weighted by atomic mass is 10.0. The van der Waals surface area contributed by atoms with Crippen LogP contribution in [0.2, 0.25) is 0 Å². The third-order valence-electron chi connectivity index (χ3n) is 4.24. The Bertz CT molecular complexity index is 1010. The maximum absolute atomic E-state index is 4.71. The molecule has 4 aromatic rings. The van der Waals surface area contributed by atoms with E-state index in [0.29, 0.717) is 0 Å². The number of hydrogen-bond donors (Lipinski definition) is 0. The van der Waals surface area contributed by atoms with Crippen LogP contribution in [-0.2, 0) is 7.05 Å². The van der Waals surface area contributed by atoms with Gasteiger partial charge in [-0.25, -0.2) is 9.55 Å². The highest BCUT2D eigenvalue weighted by molar-refractivity contribution is 5.86. The van der Waals surface area contributed by atoms with Crippen LogP contribution in [0, 0.1) is 13.8 Å². The van der Waals surface area contributed by atoms with E-state index in [4.69, 9.17) is 4.98 Å². The Hall–Kier alpha value is -2.68. The van der Waals surface area contributed by atoms with Gasteiger partial charge in [-0.3, -0.25) is 4.40 Å². The molecule has 22 heavy (non-hydrogen) atoms. The monoisotopic (exact) mass is 288 g/mol. The second-order valence-corrected chi connectivity index (χ2v) is 5.90. The van der Waals surface area contributed by atoms with E-state index in [-0.39, 0.29) is 0 Å². The van der Waals surface area contributed by atoms with E-state index < -0.39 is 0 Å². The maximum atomic E-state index is 4.71. The minimum Gasteiger partial charge on any atom is -0.300 e. The molecule has 0 aliphatic rings. The van der Waals surface area contributed by atoms with Crippen LogP contribution in [0.5, 0.6) is 0 Å². The second-order valence-electron chi connectivity index (χ2n) is 5.90. The fraction of sp³-hybridized carbons (Fsp3) is 0.158. The topological polar surface area (TPSA) is 21.2 Å². The minimum atomic E-state index is 0.989. The molecule has 1 aromatic carbocycles. The normalized spacial score (nSPS) is 11.4. The predicted octanol–water partition coefficient (Wildman–Crippen LogP) is 3.60. The second kappa shape index (κ2) is 4.67. The van der Waals surface area contributed by atoms with Gasteiger partial charge in [-0.2, -0.15) is 0 Å². The average Bonchev–Trinajstić information content (AvgIpc) is 2.86. The molecule has 0 amide bonds. The molecule has 3 nitrogen and oxygen atoms in total. The molecule has 0 N–H and O–H groups in total. The van der Waals surface area contributed by atoms with E-state index in [9.17, 15) is 0 Å². The fourth-order valence-electron chi connectivity index (χ4n) is 3.04. The molecular weight excluding hydrogens is 270 g/mol. The van der Waals surface area contributed by atoms with E-state index in [1.54, 1.807) is 0 Å². The van der Waals surface area contributed by atoms with Crippen molar-refractivity contribution in [2.45, 2.75) is 13.8 Å². The van der Waals surface area contributed by atoms with Gasteiger partial charge in [0.15, 0.2) is 6.20 Å². The molecule has 3 aromatic heterocycles. The molecule has 0 unspecified atom stereocenters. The number of fused-ring (bicyclic) bond motifs is 3. The van der Waals surface area contributed by atoms with Gasteiger partial charge in [0.2, 0.25) is 5.69 Å². The number of hydrogen-bond acceptors (Lipinski definition) is 1. The minimum absolute atomic E-state index is 0.989. The van der Waals surface area contributed by atoms with Crippen molar-refractivity contribution in [2.75, 3.05) is 0 Å². The van der Waals surface area contributed by atoms with Gasteiger partial charge in [0.1, 0.15) is 12.7 Å². The smallest absolute Gasteiger partial charge is 0.212 e. The lowest BCUT2D eigenvalue weighted by molar-refractivity contribution is -0.660. The average molecular weight is 288 g/mol. The van der Waals surface area contributed by atoms with Gasteiger partial charge in [0.05, 0.1) is 16.6 Å². The Labute approximate surface area is 129 Å². The highest BCUT2D eigenvalue weighted by Crippen LogP contribution is 2.27. The van der Waals surface area contributed by atoms with Gasteiger partial charge >= 0.3 is 0 Å². The molecule has 0 aliphatic carbocycles. The number of aryl methyl sites for hydroxylation is 3. The summed E-state index contributed by atoms with van der Waals surface area (Å²) in [6.45, 7) is 4.28. The summed E-state index contributed by atoms with van der Waals surface area (Å²) in [6, 6.07) is 14.9. The van der Waals surface area contributed by atoms with E-state index >= 15 is 0 Å². The third-order valence-corrected chi connectivity index (χ3v) is 4.24. The highest BCUT2D eigenvalue weighted by atomic mass is 15.0. The van der Waals surface area contributed by atoms with Crippen LogP contribution in [0.25, 0.3) is 27.9 Å². The third kappa shape index (κ3) is 1.90. The number of pyridine rings is 2. The van der Waals surface area contributed by atoms with Crippen molar-refractivity contribution in [2.24, 2.45) is 7.05 Å². The van der Waals surface area contributed by atoms with Crippen molar-refractivity contribution in [3.63, 3.8) is 0 Å². The highest BCUT2D eigenvalue weighted by Gasteiger charge is 2.15. The molecule has 108 valence electrons. The molecule has 0 saturated heterocycles. The van der Waals surface area contributed by atoms with Gasteiger partial charge in [-0.1, -0.05) is 6.07 Å². The van der Waals surface area contributed by atoms with Crippen molar-refractivity contribution < 1.29 is 4.57 Å².